The quantitative estimate of drug-likeness (QED) is 0.548. The lowest BCUT2D eigenvalue weighted by Gasteiger charge is -2.19. The van der Waals surface area contributed by atoms with Crippen LogP contribution in [0, 0.1) is 0 Å². The number of carboxylic acids is 1. The Labute approximate surface area is 134 Å². The summed E-state index contributed by atoms with van der Waals surface area (Å²) in [6.07, 6.45) is 9.33. The van der Waals surface area contributed by atoms with Gasteiger partial charge in [-0.3, -0.25) is 4.79 Å². The number of hydrogen-bond donors (Lipinski definition) is 2. The largest absolute Gasteiger partial charge is 0.481 e. The molecule has 0 aliphatic carbocycles. The topological polar surface area (TPSA) is 57.5 Å². The van der Waals surface area contributed by atoms with Crippen molar-refractivity contribution in [3.05, 3.63) is 35.9 Å². The van der Waals surface area contributed by atoms with E-state index in [1.807, 2.05) is 18.2 Å². The van der Waals surface area contributed by atoms with Gasteiger partial charge in [0, 0.05) is 0 Å². The third-order valence-electron chi connectivity index (χ3n) is 4.16. The molecule has 0 fully saturated rings. The van der Waals surface area contributed by atoms with Crippen molar-refractivity contribution >= 4 is 5.97 Å². The first-order valence-electron chi connectivity index (χ1n) is 8.62. The van der Waals surface area contributed by atoms with Gasteiger partial charge >= 0.3 is 5.97 Å². The summed E-state index contributed by atoms with van der Waals surface area (Å²) in [4.78, 5) is 11.4. The highest BCUT2D eigenvalue weighted by Crippen LogP contribution is 2.24. The van der Waals surface area contributed by atoms with Crippen molar-refractivity contribution in [2.45, 2.75) is 76.7 Å². The van der Waals surface area contributed by atoms with Crippen LogP contribution in [0.5, 0.6) is 0 Å². The molecule has 0 radical (unpaired) electrons. The zero-order chi connectivity index (χ0) is 16.2. The molecule has 3 nitrogen and oxygen atoms in total. The van der Waals surface area contributed by atoms with Crippen LogP contribution in [-0.4, -0.2) is 22.3 Å². The third kappa shape index (κ3) is 7.08. The molecule has 0 heterocycles. The summed E-state index contributed by atoms with van der Waals surface area (Å²) in [5.74, 6) is -1.76. The summed E-state index contributed by atoms with van der Waals surface area (Å²) in [6, 6.07) is 9.03. The minimum absolute atomic E-state index is 0.556. The van der Waals surface area contributed by atoms with Crippen LogP contribution >= 0.6 is 0 Å². The number of unbranched alkanes of at least 4 members (excludes halogenated alkanes) is 7. The highest BCUT2D eigenvalue weighted by atomic mass is 16.4. The van der Waals surface area contributed by atoms with Crippen molar-refractivity contribution in [3.8, 4) is 0 Å². The Morgan fingerprint density at radius 1 is 0.955 bits per heavy atom. The van der Waals surface area contributed by atoms with E-state index in [1.54, 1.807) is 12.1 Å². The maximum Gasteiger partial charge on any atom is 0.313 e. The molecule has 22 heavy (non-hydrogen) atoms. The van der Waals surface area contributed by atoms with E-state index in [2.05, 4.69) is 6.92 Å². The lowest BCUT2D eigenvalue weighted by molar-refractivity contribution is -0.141. The molecule has 1 rings (SSSR count). The zero-order valence-corrected chi connectivity index (χ0v) is 13.7. The van der Waals surface area contributed by atoms with E-state index in [4.69, 9.17) is 0 Å². The molecule has 2 N–H and O–H groups in total. The van der Waals surface area contributed by atoms with Crippen molar-refractivity contribution in [1.29, 1.82) is 0 Å². The second kappa shape index (κ2) is 11.2. The van der Waals surface area contributed by atoms with Gasteiger partial charge in [0.1, 0.15) is 5.92 Å². The Balaban J connectivity index is 2.27. The normalized spacial score (nSPS) is 13.7. The van der Waals surface area contributed by atoms with E-state index >= 15 is 0 Å². The summed E-state index contributed by atoms with van der Waals surface area (Å²) >= 11 is 0. The van der Waals surface area contributed by atoms with Crippen LogP contribution in [-0.2, 0) is 4.79 Å². The van der Waals surface area contributed by atoms with Gasteiger partial charge in [-0.2, -0.15) is 0 Å². The average Bonchev–Trinajstić information content (AvgIpc) is 2.51. The van der Waals surface area contributed by atoms with Crippen LogP contribution in [0.2, 0.25) is 0 Å². The number of carboxylic acid groups (broad SMARTS) is 1. The number of rotatable bonds is 12. The predicted octanol–water partition coefficient (Wildman–Crippen LogP) is 4.75. The first-order chi connectivity index (χ1) is 10.7. The number of benzene rings is 1. The standard InChI is InChI=1S/C19H30O3/c1-2-3-4-5-6-7-8-12-15-17(20)18(19(21)22)16-13-10-9-11-14-16/h9-11,13-14,17-18,20H,2-8,12,15H2,1H3,(H,21,22). The Morgan fingerprint density at radius 2 is 1.50 bits per heavy atom. The van der Waals surface area contributed by atoms with Crippen molar-refractivity contribution in [2.24, 2.45) is 0 Å². The SMILES string of the molecule is CCCCCCCCCCC(O)C(C(=O)O)c1ccccc1. The van der Waals surface area contributed by atoms with Crippen molar-refractivity contribution in [2.75, 3.05) is 0 Å². The first kappa shape index (κ1) is 18.7. The van der Waals surface area contributed by atoms with E-state index in [9.17, 15) is 15.0 Å². The smallest absolute Gasteiger partial charge is 0.313 e. The molecule has 3 heteroatoms. The van der Waals surface area contributed by atoms with Crippen molar-refractivity contribution in [3.63, 3.8) is 0 Å². The van der Waals surface area contributed by atoms with E-state index in [1.165, 1.54) is 38.5 Å². The van der Waals surface area contributed by atoms with Crippen LogP contribution < -0.4 is 0 Å². The molecule has 0 spiro atoms. The molecule has 2 unspecified atom stereocenters. The van der Waals surface area contributed by atoms with Gasteiger partial charge in [-0.05, 0) is 12.0 Å². The molecule has 124 valence electrons. The summed E-state index contributed by atoms with van der Waals surface area (Å²) < 4.78 is 0. The van der Waals surface area contributed by atoms with Crippen LogP contribution in [0.25, 0.3) is 0 Å². The Morgan fingerprint density at radius 3 is 2.05 bits per heavy atom. The monoisotopic (exact) mass is 306 g/mol. The van der Waals surface area contributed by atoms with Crippen molar-refractivity contribution < 1.29 is 15.0 Å². The van der Waals surface area contributed by atoms with Gasteiger partial charge in [0.25, 0.3) is 0 Å². The van der Waals surface area contributed by atoms with Gasteiger partial charge in [-0.15, -0.1) is 0 Å². The average molecular weight is 306 g/mol. The maximum atomic E-state index is 11.4. The molecule has 2 atom stereocenters. The minimum Gasteiger partial charge on any atom is -0.481 e. The van der Waals surface area contributed by atoms with Crippen molar-refractivity contribution in [1.82, 2.24) is 0 Å². The summed E-state index contributed by atoms with van der Waals surface area (Å²) in [6.45, 7) is 2.22. The Bertz CT molecular complexity index is 402. The molecule has 0 bridgehead atoms. The third-order valence-corrected chi connectivity index (χ3v) is 4.16. The zero-order valence-electron chi connectivity index (χ0n) is 13.7. The second-order valence-corrected chi connectivity index (χ2v) is 6.06. The highest BCUT2D eigenvalue weighted by Gasteiger charge is 2.27. The molecular weight excluding hydrogens is 276 g/mol. The summed E-state index contributed by atoms with van der Waals surface area (Å²) in [7, 11) is 0. The number of hydrogen-bond acceptors (Lipinski definition) is 2. The minimum atomic E-state index is -0.946. The van der Waals surface area contributed by atoms with Crippen LogP contribution in [0.15, 0.2) is 30.3 Å². The molecule has 0 aliphatic heterocycles. The summed E-state index contributed by atoms with van der Waals surface area (Å²) in [5, 5.41) is 19.6. The van der Waals surface area contributed by atoms with E-state index in [-0.39, 0.29) is 0 Å². The fourth-order valence-electron chi connectivity index (χ4n) is 2.84. The number of aliphatic carboxylic acids is 1. The second-order valence-electron chi connectivity index (χ2n) is 6.06. The van der Waals surface area contributed by atoms with Gasteiger partial charge < -0.3 is 10.2 Å². The lowest BCUT2D eigenvalue weighted by atomic mass is 9.90. The molecule has 0 amide bonds. The molecule has 1 aromatic rings. The molecule has 0 aromatic heterocycles. The van der Waals surface area contributed by atoms with Gasteiger partial charge in [0.15, 0.2) is 0 Å². The fourth-order valence-corrected chi connectivity index (χ4v) is 2.84. The number of carbonyl (C=O) groups is 1. The van der Waals surface area contributed by atoms with E-state index in [0.717, 1.165) is 12.8 Å². The molecular formula is C19H30O3. The van der Waals surface area contributed by atoms with Gasteiger partial charge in [0.05, 0.1) is 6.10 Å². The van der Waals surface area contributed by atoms with Crippen LogP contribution in [0.1, 0.15) is 76.2 Å². The van der Waals surface area contributed by atoms with Gasteiger partial charge in [0.2, 0.25) is 0 Å². The highest BCUT2D eigenvalue weighted by molar-refractivity contribution is 5.76. The van der Waals surface area contributed by atoms with E-state index in [0.29, 0.717) is 12.0 Å². The molecule has 0 saturated heterocycles. The predicted molar refractivity (Wildman–Crippen MR) is 90.1 cm³/mol. The summed E-state index contributed by atoms with van der Waals surface area (Å²) in [5.41, 5.74) is 0.682. The maximum absolute atomic E-state index is 11.4. The van der Waals surface area contributed by atoms with Gasteiger partial charge in [-0.1, -0.05) is 88.6 Å². The number of aliphatic hydroxyl groups excluding tert-OH is 1. The van der Waals surface area contributed by atoms with Gasteiger partial charge in [-0.25, -0.2) is 0 Å². The van der Waals surface area contributed by atoms with Crippen LogP contribution in [0.4, 0.5) is 0 Å². The Hall–Kier alpha value is -1.35. The molecule has 0 aliphatic rings. The molecule has 1 aromatic carbocycles. The fraction of sp³-hybridized carbons (Fsp3) is 0.632. The first-order valence-corrected chi connectivity index (χ1v) is 8.62. The lowest BCUT2D eigenvalue weighted by Crippen LogP contribution is -2.26. The Kier molecular flexibility index (Phi) is 9.56. The number of aliphatic hydroxyl groups is 1. The molecule has 0 saturated carbocycles. The van der Waals surface area contributed by atoms with Crippen LogP contribution in [0.3, 0.4) is 0 Å². The van der Waals surface area contributed by atoms with E-state index < -0.39 is 18.0 Å².